The van der Waals surface area contributed by atoms with Gasteiger partial charge in [0.1, 0.15) is 0 Å². The minimum Gasteiger partial charge on any atom is -0.335 e. The Kier molecular flexibility index (Phi) is 7.05. The topological polar surface area (TPSA) is 61.4 Å². The number of imide groups is 1. The molecule has 0 saturated heterocycles. The minimum absolute atomic E-state index is 0.189. The predicted octanol–water partition coefficient (Wildman–Crippen LogP) is 3.04. The number of urea groups is 1. The number of hydrogen-bond donors (Lipinski definition) is 2. The first-order valence-electron chi connectivity index (χ1n) is 8.06. The summed E-state index contributed by atoms with van der Waals surface area (Å²) in [4.78, 5) is 25.6. The molecule has 0 aromatic heterocycles. The van der Waals surface area contributed by atoms with Crippen molar-refractivity contribution < 1.29 is 9.59 Å². The van der Waals surface area contributed by atoms with Crippen LogP contribution in [-0.2, 0) is 11.3 Å². The molecule has 0 aliphatic heterocycles. The summed E-state index contributed by atoms with van der Waals surface area (Å²) in [6.45, 7) is 0.846. The Labute approximate surface area is 145 Å². The second-order valence-corrected chi connectivity index (χ2v) is 7.07. The van der Waals surface area contributed by atoms with Gasteiger partial charge in [0.25, 0.3) is 0 Å². The van der Waals surface area contributed by atoms with Gasteiger partial charge in [-0.1, -0.05) is 47.3 Å². The molecule has 1 aliphatic rings. The Morgan fingerprint density at radius 2 is 1.83 bits per heavy atom. The van der Waals surface area contributed by atoms with Gasteiger partial charge in [0.15, 0.2) is 0 Å². The van der Waals surface area contributed by atoms with E-state index in [1.807, 2.05) is 36.2 Å². The van der Waals surface area contributed by atoms with E-state index < -0.39 is 0 Å². The van der Waals surface area contributed by atoms with Crippen LogP contribution in [0.4, 0.5) is 4.79 Å². The molecule has 2 N–H and O–H groups in total. The van der Waals surface area contributed by atoms with Gasteiger partial charge in [-0.3, -0.25) is 15.0 Å². The van der Waals surface area contributed by atoms with Crippen LogP contribution in [0.15, 0.2) is 28.7 Å². The molecule has 1 fully saturated rings. The van der Waals surface area contributed by atoms with Crippen LogP contribution in [0.3, 0.4) is 0 Å². The van der Waals surface area contributed by atoms with Gasteiger partial charge < -0.3 is 5.32 Å². The van der Waals surface area contributed by atoms with Crippen LogP contribution < -0.4 is 10.6 Å². The Hall–Kier alpha value is -1.40. The molecule has 0 unspecified atom stereocenters. The Balaban J connectivity index is 1.70. The highest BCUT2D eigenvalue weighted by Crippen LogP contribution is 2.17. The summed E-state index contributed by atoms with van der Waals surface area (Å²) in [6.07, 6.45) is 5.54. The first-order chi connectivity index (χ1) is 11.0. The fraction of sp³-hybridized carbons (Fsp3) is 0.529. The van der Waals surface area contributed by atoms with E-state index in [0.29, 0.717) is 6.54 Å². The third-order valence-corrected chi connectivity index (χ3v) is 4.50. The van der Waals surface area contributed by atoms with Gasteiger partial charge in [0, 0.05) is 17.1 Å². The summed E-state index contributed by atoms with van der Waals surface area (Å²) < 4.78 is 1.03. The molecule has 0 spiro atoms. The van der Waals surface area contributed by atoms with Gasteiger partial charge in [-0.15, -0.1) is 0 Å². The maximum Gasteiger partial charge on any atom is 0.321 e. The molecule has 0 heterocycles. The number of rotatable bonds is 5. The number of hydrogen-bond acceptors (Lipinski definition) is 3. The second kappa shape index (κ2) is 9.03. The highest BCUT2D eigenvalue weighted by atomic mass is 79.9. The van der Waals surface area contributed by atoms with E-state index in [-0.39, 0.29) is 24.5 Å². The lowest BCUT2D eigenvalue weighted by Crippen LogP contribution is -2.47. The molecule has 126 valence electrons. The third-order valence-electron chi connectivity index (χ3n) is 3.97. The number of amides is 3. The lowest BCUT2D eigenvalue weighted by molar-refractivity contribution is -0.121. The van der Waals surface area contributed by atoms with Gasteiger partial charge in [-0.25, -0.2) is 4.79 Å². The molecule has 1 aromatic carbocycles. The molecule has 1 saturated carbocycles. The van der Waals surface area contributed by atoms with Gasteiger partial charge in [-0.2, -0.15) is 0 Å². The Morgan fingerprint density at radius 1 is 1.17 bits per heavy atom. The molecule has 1 aromatic rings. The average molecular weight is 382 g/mol. The van der Waals surface area contributed by atoms with E-state index in [4.69, 9.17) is 0 Å². The standard InChI is InChI=1S/C17H24BrN3O2/c1-21(11-13-7-9-14(18)10-8-13)12-16(22)20-17(23)19-15-5-3-2-4-6-15/h7-10,15H,2-6,11-12H2,1H3,(H2,19,20,22,23). The summed E-state index contributed by atoms with van der Waals surface area (Å²) >= 11 is 3.40. The van der Waals surface area contributed by atoms with Crippen LogP contribution in [0, 0.1) is 0 Å². The number of carbonyl (C=O) groups is 2. The SMILES string of the molecule is CN(CC(=O)NC(=O)NC1CCCCC1)Cc1ccc(Br)cc1. The van der Waals surface area contributed by atoms with Gasteiger partial charge >= 0.3 is 6.03 Å². The highest BCUT2D eigenvalue weighted by Gasteiger charge is 2.17. The van der Waals surface area contributed by atoms with Gasteiger partial charge in [-0.05, 0) is 37.6 Å². The molecule has 0 atom stereocenters. The van der Waals surface area contributed by atoms with E-state index >= 15 is 0 Å². The normalized spacial score (nSPS) is 15.4. The van der Waals surface area contributed by atoms with E-state index in [0.717, 1.165) is 35.7 Å². The quantitative estimate of drug-likeness (QED) is 0.823. The van der Waals surface area contributed by atoms with Crippen LogP contribution >= 0.6 is 15.9 Å². The van der Waals surface area contributed by atoms with Crippen LogP contribution in [0.1, 0.15) is 37.7 Å². The van der Waals surface area contributed by atoms with E-state index in [1.54, 1.807) is 0 Å². The maximum atomic E-state index is 11.9. The molecule has 3 amide bonds. The summed E-state index contributed by atoms with van der Waals surface area (Å²) in [6, 6.07) is 7.79. The molecule has 2 rings (SSSR count). The summed E-state index contributed by atoms with van der Waals surface area (Å²) in [7, 11) is 1.86. The predicted molar refractivity (Wildman–Crippen MR) is 94.0 cm³/mol. The van der Waals surface area contributed by atoms with Crippen molar-refractivity contribution in [2.45, 2.75) is 44.7 Å². The molecule has 1 aliphatic carbocycles. The summed E-state index contributed by atoms with van der Waals surface area (Å²) in [5.74, 6) is -0.280. The van der Waals surface area contributed by atoms with Crippen molar-refractivity contribution in [2.75, 3.05) is 13.6 Å². The first kappa shape index (κ1) is 17.9. The van der Waals surface area contributed by atoms with E-state index in [9.17, 15) is 9.59 Å². The van der Waals surface area contributed by atoms with Crippen molar-refractivity contribution in [3.8, 4) is 0 Å². The Morgan fingerprint density at radius 3 is 2.48 bits per heavy atom. The van der Waals surface area contributed by atoms with Crippen molar-refractivity contribution >= 4 is 27.9 Å². The smallest absolute Gasteiger partial charge is 0.321 e. The van der Waals surface area contributed by atoms with Crippen molar-refractivity contribution in [3.05, 3.63) is 34.3 Å². The fourth-order valence-corrected chi connectivity index (χ4v) is 3.10. The van der Waals surface area contributed by atoms with Crippen LogP contribution in [0.2, 0.25) is 0 Å². The number of nitrogens with one attached hydrogen (secondary N) is 2. The van der Waals surface area contributed by atoms with Crippen molar-refractivity contribution in [1.29, 1.82) is 0 Å². The molecular weight excluding hydrogens is 358 g/mol. The molecule has 23 heavy (non-hydrogen) atoms. The second-order valence-electron chi connectivity index (χ2n) is 6.16. The number of carbonyl (C=O) groups excluding carboxylic acids is 2. The average Bonchev–Trinajstić information content (AvgIpc) is 2.50. The largest absolute Gasteiger partial charge is 0.335 e. The van der Waals surface area contributed by atoms with Crippen molar-refractivity contribution in [2.24, 2.45) is 0 Å². The maximum absolute atomic E-state index is 11.9. The zero-order chi connectivity index (χ0) is 16.7. The molecule has 6 heteroatoms. The van der Waals surface area contributed by atoms with Crippen molar-refractivity contribution in [3.63, 3.8) is 0 Å². The van der Waals surface area contributed by atoms with Crippen LogP contribution in [-0.4, -0.2) is 36.5 Å². The fourth-order valence-electron chi connectivity index (χ4n) is 2.84. The number of halogens is 1. The zero-order valence-corrected chi connectivity index (χ0v) is 15.1. The number of likely N-dealkylation sites (N-methyl/N-ethyl adjacent to an activating group) is 1. The monoisotopic (exact) mass is 381 g/mol. The zero-order valence-electron chi connectivity index (χ0n) is 13.5. The lowest BCUT2D eigenvalue weighted by Gasteiger charge is -2.23. The molecule has 5 nitrogen and oxygen atoms in total. The van der Waals surface area contributed by atoms with Gasteiger partial charge in [0.05, 0.1) is 6.54 Å². The highest BCUT2D eigenvalue weighted by molar-refractivity contribution is 9.10. The van der Waals surface area contributed by atoms with Crippen molar-refractivity contribution in [1.82, 2.24) is 15.5 Å². The third kappa shape index (κ3) is 6.71. The van der Waals surface area contributed by atoms with E-state index in [1.165, 1.54) is 6.42 Å². The van der Waals surface area contributed by atoms with Crippen LogP contribution in [0.25, 0.3) is 0 Å². The lowest BCUT2D eigenvalue weighted by atomic mass is 9.96. The first-order valence-corrected chi connectivity index (χ1v) is 8.85. The molecule has 0 radical (unpaired) electrons. The molecular formula is C17H24BrN3O2. The summed E-state index contributed by atoms with van der Waals surface area (Å²) in [5.41, 5.74) is 1.12. The number of nitrogens with zero attached hydrogens (tertiary/aromatic N) is 1. The minimum atomic E-state index is -0.376. The Bertz CT molecular complexity index is 527. The summed E-state index contributed by atoms with van der Waals surface area (Å²) in [5, 5.41) is 5.30. The van der Waals surface area contributed by atoms with Crippen LogP contribution in [0.5, 0.6) is 0 Å². The van der Waals surface area contributed by atoms with E-state index in [2.05, 4.69) is 26.6 Å². The molecule has 0 bridgehead atoms. The van der Waals surface area contributed by atoms with Gasteiger partial charge in [0.2, 0.25) is 5.91 Å². The number of benzene rings is 1.